The van der Waals surface area contributed by atoms with E-state index in [0.29, 0.717) is 24.9 Å². The number of fused-ring (bicyclic) bond motifs is 1. The molecule has 0 spiro atoms. The highest BCUT2D eigenvalue weighted by molar-refractivity contribution is 5.83. The van der Waals surface area contributed by atoms with Crippen LogP contribution >= 0.6 is 0 Å². The van der Waals surface area contributed by atoms with Crippen molar-refractivity contribution < 1.29 is 4.79 Å². The molecule has 5 heteroatoms. The molecule has 0 saturated heterocycles. The van der Waals surface area contributed by atoms with E-state index in [4.69, 9.17) is 0 Å². The zero-order valence-electron chi connectivity index (χ0n) is 15.0. The molecule has 0 fully saturated rings. The predicted molar refractivity (Wildman–Crippen MR) is 98.5 cm³/mol. The van der Waals surface area contributed by atoms with Crippen molar-refractivity contribution in [3.05, 3.63) is 45.2 Å². The van der Waals surface area contributed by atoms with E-state index in [1.807, 2.05) is 34.0 Å². The molecule has 0 unspecified atom stereocenters. The minimum absolute atomic E-state index is 0.00586. The normalized spacial score (nSPS) is 11.2. The zero-order chi connectivity index (χ0) is 17.7. The molecule has 1 heterocycles. The summed E-state index contributed by atoms with van der Waals surface area (Å²) in [6, 6.07) is 6.02. The Kier molecular flexibility index (Phi) is 6.15. The van der Waals surface area contributed by atoms with E-state index in [1.54, 1.807) is 0 Å². The molecule has 0 radical (unpaired) electrons. The van der Waals surface area contributed by atoms with Crippen LogP contribution in [-0.4, -0.2) is 43.0 Å². The first kappa shape index (κ1) is 18.2. The van der Waals surface area contributed by atoms with Gasteiger partial charge < -0.3 is 15.2 Å². The Balaban J connectivity index is 1.99. The fraction of sp³-hybridized carbons (Fsp3) is 0.474. The van der Waals surface area contributed by atoms with Crippen LogP contribution in [0, 0.1) is 13.8 Å². The van der Waals surface area contributed by atoms with E-state index in [2.05, 4.69) is 27.3 Å². The molecule has 24 heavy (non-hydrogen) atoms. The zero-order valence-corrected chi connectivity index (χ0v) is 15.0. The maximum atomic E-state index is 12.2. The fourth-order valence-electron chi connectivity index (χ4n) is 2.88. The molecule has 130 valence electrons. The number of H-pyrrole nitrogens is 1. The van der Waals surface area contributed by atoms with Crippen molar-refractivity contribution in [3.63, 3.8) is 0 Å². The molecule has 0 saturated carbocycles. The van der Waals surface area contributed by atoms with E-state index in [9.17, 15) is 9.59 Å². The summed E-state index contributed by atoms with van der Waals surface area (Å²) >= 11 is 0. The SMILES string of the molecule is Cc1cc(C)c2[nH]c(=O)c(CCC(=O)NCCCN(C)C)cc2c1. The molecule has 5 nitrogen and oxygen atoms in total. The van der Waals surface area contributed by atoms with Gasteiger partial charge in [0.15, 0.2) is 0 Å². The number of rotatable bonds is 7. The Hall–Kier alpha value is -2.14. The molecule has 0 aliphatic carbocycles. The number of amides is 1. The van der Waals surface area contributed by atoms with Gasteiger partial charge in [-0.15, -0.1) is 0 Å². The summed E-state index contributed by atoms with van der Waals surface area (Å²) < 4.78 is 0. The van der Waals surface area contributed by atoms with Crippen LogP contribution in [0.1, 0.15) is 29.5 Å². The molecule has 0 bridgehead atoms. The molecular formula is C19H27N3O2. The van der Waals surface area contributed by atoms with Crippen molar-refractivity contribution in [3.8, 4) is 0 Å². The van der Waals surface area contributed by atoms with Crippen LogP contribution in [-0.2, 0) is 11.2 Å². The van der Waals surface area contributed by atoms with E-state index >= 15 is 0 Å². The van der Waals surface area contributed by atoms with Crippen LogP contribution < -0.4 is 10.9 Å². The number of hydrogen-bond acceptors (Lipinski definition) is 3. The summed E-state index contributed by atoms with van der Waals surface area (Å²) in [6.07, 6.45) is 1.72. The lowest BCUT2D eigenvalue weighted by Gasteiger charge is -2.10. The predicted octanol–water partition coefficient (Wildman–Crippen LogP) is 2.15. The Morgan fingerprint density at radius 3 is 2.67 bits per heavy atom. The van der Waals surface area contributed by atoms with Crippen molar-refractivity contribution in [2.75, 3.05) is 27.2 Å². The Labute approximate surface area is 143 Å². The van der Waals surface area contributed by atoms with E-state index in [1.165, 1.54) is 0 Å². The van der Waals surface area contributed by atoms with Gasteiger partial charge in [-0.25, -0.2) is 0 Å². The first-order valence-electron chi connectivity index (χ1n) is 8.41. The lowest BCUT2D eigenvalue weighted by molar-refractivity contribution is -0.121. The number of nitrogens with one attached hydrogen (secondary N) is 2. The Morgan fingerprint density at radius 2 is 1.96 bits per heavy atom. The standard InChI is InChI=1S/C19H27N3O2/c1-13-10-14(2)18-16(11-13)12-15(19(24)21-18)6-7-17(23)20-8-5-9-22(3)4/h10-12H,5-9H2,1-4H3,(H,20,23)(H,21,24). The number of aryl methyl sites for hydroxylation is 3. The second-order valence-electron chi connectivity index (χ2n) is 6.68. The monoisotopic (exact) mass is 329 g/mol. The third-order valence-corrected chi connectivity index (χ3v) is 4.10. The first-order valence-corrected chi connectivity index (χ1v) is 8.41. The van der Waals surface area contributed by atoms with Gasteiger partial charge in [0.25, 0.3) is 5.56 Å². The number of aromatic amines is 1. The van der Waals surface area contributed by atoms with Gasteiger partial charge in [-0.2, -0.15) is 0 Å². The third kappa shape index (κ3) is 4.93. The average molecular weight is 329 g/mol. The number of benzene rings is 1. The van der Waals surface area contributed by atoms with Crippen LogP contribution in [0.25, 0.3) is 10.9 Å². The van der Waals surface area contributed by atoms with Gasteiger partial charge in [0.05, 0.1) is 5.52 Å². The largest absolute Gasteiger partial charge is 0.356 e. The quantitative estimate of drug-likeness (QED) is 0.765. The Bertz CT molecular complexity index is 778. The summed E-state index contributed by atoms with van der Waals surface area (Å²) in [5.74, 6) is -0.00586. The highest BCUT2D eigenvalue weighted by Gasteiger charge is 2.08. The maximum absolute atomic E-state index is 12.2. The minimum atomic E-state index is -0.102. The fourth-order valence-corrected chi connectivity index (χ4v) is 2.88. The lowest BCUT2D eigenvalue weighted by Crippen LogP contribution is -2.27. The van der Waals surface area contributed by atoms with Crippen molar-refractivity contribution in [2.24, 2.45) is 0 Å². The van der Waals surface area contributed by atoms with Crippen LogP contribution in [0.4, 0.5) is 0 Å². The van der Waals surface area contributed by atoms with Gasteiger partial charge in [0, 0.05) is 18.5 Å². The van der Waals surface area contributed by atoms with E-state index < -0.39 is 0 Å². The topological polar surface area (TPSA) is 65.2 Å². The van der Waals surface area contributed by atoms with Gasteiger partial charge in [0.1, 0.15) is 0 Å². The van der Waals surface area contributed by atoms with Crippen LogP contribution in [0.3, 0.4) is 0 Å². The van der Waals surface area contributed by atoms with E-state index in [0.717, 1.165) is 35.0 Å². The molecule has 2 aromatic rings. The summed E-state index contributed by atoms with van der Waals surface area (Å²) in [5, 5.41) is 3.93. The summed E-state index contributed by atoms with van der Waals surface area (Å²) in [4.78, 5) is 29.2. The van der Waals surface area contributed by atoms with Crippen LogP contribution in [0.15, 0.2) is 23.0 Å². The van der Waals surface area contributed by atoms with Crippen LogP contribution in [0.5, 0.6) is 0 Å². The van der Waals surface area contributed by atoms with Gasteiger partial charge in [-0.05, 0) is 70.4 Å². The van der Waals surface area contributed by atoms with Gasteiger partial charge in [-0.3, -0.25) is 9.59 Å². The smallest absolute Gasteiger partial charge is 0.251 e. The van der Waals surface area contributed by atoms with Gasteiger partial charge in [0.2, 0.25) is 5.91 Å². The molecule has 1 aromatic heterocycles. The lowest BCUT2D eigenvalue weighted by atomic mass is 10.0. The molecule has 0 aliphatic rings. The highest BCUT2D eigenvalue weighted by Crippen LogP contribution is 2.18. The number of carbonyl (C=O) groups is 1. The van der Waals surface area contributed by atoms with Crippen molar-refractivity contribution in [2.45, 2.75) is 33.1 Å². The van der Waals surface area contributed by atoms with Crippen molar-refractivity contribution in [1.82, 2.24) is 15.2 Å². The number of aromatic nitrogens is 1. The van der Waals surface area contributed by atoms with Crippen molar-refractivity contribution in [1.29, 1.82) is 0 Å². The van der Waals surface area contributed by atoms with Crippen molar-refractivity contribution >= 4 is 16.8 Å². The molecule has 2 rings (SSSR count). The Morgan fingerprint density at radius 1 is 1.21 bits per heavy atom. The molecular weight excluding hydrogens is 302 g/mol. The summed E-state index contributed by atoms with van der Waals surface area (Å²) in [5.41, 5.74) is 3.66. The molecule has 0 atom stereocenters. The molecule has 1 aromatic carbocycles. The molecule has 1 amide bonds. The minimum Gasteiger partial charge on any atom is -0.356 e. The second kappa shape index (κ2) is 8.11. The third-order valence-electron chi connectivity index (χ3n) is 4.10. The maximum Gasteiger partial charge on any atom is 0.251 e. The molecule has 2 N–H and O–H groups in total. The number of carbonyl (C=O) groups excluding carboxylic acids is 1. The van der Waals surface area contributed by atoms with E-state index in [-0.39, 0.29) is 11.5 Å². The number of pyridine rings is 1. The summed E-state index contributed by atoms with van der Waals surface area (Å²) in [6.45, 7) is 5.65. The first-order chi connectivity index (χ1) is 11.4. The second-order valence-corrected chi connectivity index (χ2v) is 6.68. The van der Waals surface area contributed by atoms with Gasteiger partial charge in [-0.1, -0.05) is 11.6 Å². The van der Waals surface area contributed by atoms with Gasteiger partial charge >= 0.3 is 0 Å². The summed E-state index contributed by atoms with van der Waals surface area (Å²) in [7, 11) is 4.02. The number of hydrogen-bond donors (Lipinski definition) is 2. The average Bonchev–Trinajstić information content (AvgIpc) is 2.50. The molecule has 0 aliphatic heterocycles. The highest BCUT2D eigenvalue weighted by atomic mass is 16.1. The van der Waals surface area contributed by atoms with Crippen LogP contribution in [0.2, 0.25) is 0 Å². The number of nitrogens with zero attached hydrogens (tertiary/aromatic N) is 1.